The highest BCUT2D eigenvalue weighted by atomic mass is 15.0. The van der Waals surface area contributed by atoms with Crippen LogP contribution in [0.4, 0.5) is 5.69 Å². The molecule has 0 N–H and O–H groups in total. The van der Waals surface area contributed by atoms with Gasteiger partial charge in [-0.3, -0.25) is 0 Å². The van der Waals surface area contributed by atoms with Gasteiger partial charge in [0.2, 0.25) is 0 Å². The molecule has 1 heteroatoms. The molecule has 1 aliphatic rings. The van der Waals surface area contributed by atoms with Crippen LogP contribution >= 0.6 is 0 Å². The van der Waals surface area contributed by atoms with Gasteiger partial charge in [-0.2, -0.15) is 0 Å². The Morgan fingerprint density at radius 3 is 2.64 bits per heavy atom. The molecule has 0 fully saturated rings. The number of benzene rings is 1. The van der Waals surface area contributed by atoms with Gasteiger partial charge in [-0.15, -0.1) is 0 Å². The van der Waals surface area contributed by atoms with Crippen LogP contribution in [0.1, 0.15) is 6.42 Å². The first-order valence-corrected chi connectivity index (χ1v) is 3.71. The van der Waals surface area contributed by atoms with Crippen molar-refractivity contribution in [3.05, 3.63) is 42.6 Å². The molecule has 0 saturated heterocycles. The first-order chi connectivity index (χ1) is 5.47. The van der Waals surface area contributed by atoms with Gasteiger partial charge in [-0.1, -0.05) is 24.3 Å². The average Bonchev–Trinajstić information content (AvgIpc) is 2.58. The predicted octanol–water partition coefficient (Wildman–Crippen LogP) is 2.20. The lowest BCUT2D eigenvalue weighted by molar-refractivity contribution is -0.351. The van der Waals surface area contributed by atoms with Crippen molar-refractivity contribution in [1.82, 2.24) is 0 Å². The Labute approximate surface area is 66.3 Å². The normalized spacial score (nSPS) is 15.1. The van der Waals surface area contributed by atoms with Crippen molar-refractivity contribution < 1.29 is 4.58 Å². The molecule has 1 nitrogen and oxygen atoms in total. The van der Waals surface area contributed by atoms with Gasteiger partial charge in [0.1, 0.15) is 5.69 Å². The lowest BCUT2D eigenvalue weighted by Crippen LogP contribution is -1.91. The minimum absolute atomic E-state index is 0.925. The molecule has 1 aromatic rings. The van der Waals surface area contributed by atoms with Crippen LogP contribution in [0.3, 0.4) is 0 Å². The molecular weight excluding hydrogens is 134 g/mol. The first kappa shape index (κ1) is 6.35. The topological polar surface area (TPSA) is 3.01 Å². The van der Waals surface area contributed by atoms with Crippen LogP contribution in [-0.4, -0.2) is 10.8 Å². The second kappa shape index (κ2) is 2.70. The lowest BCUT2D eigenvalue weighted by atomic mass is 10.3. The zero-order valence-corrected chi connectivity index (χ0v) is 6.20. The van der Waals surface area contributed by atoms with E-state index in [1.165, 1.54) is 5.69 Å². The van der Waals surface area contributed by atoms with Gasteiger partial charge in [0.25, 0.3) is 0 Å². The maximum absolute atomic E-state index is 3.20. The van der Waals surface area contributed by atoms with Crippen molar-refractivity contribution in [3.63, 3.8) is 0 Å². The molecule has 0 spiro atoms. The number of para-hydroxylation sites is 1. The number of rotatable bonds is 1. The fourth-order valence-electron chi connectivity index (χ4n) is 1.13. The van der Waals surface area contributed by atoms with Crippen LogP contribution in [0, 0.1) is 0 Å². The summed E-state index contributed by atoms with van der Waals surface area (Å²) in [5.41, 5.74) is 1.18. The third-order valence-corrected chi connectivity index (χ3v) is 1.67. The molecular formula is C10H9N. The molecule has 1 aliphatic heterocycles. The van der Waals surface area contributed by atoms with E-state index in [2.05, 4.69) is 24.4 Å². The second-order valence-electron chi connectivity index (χ2n) is 2.45. The van der Waals surface area contributed by atoms with Crippen LogP contribution in [-0.2, 0) is 0 Å². The van der Waals surface area contributed by atoms with Gasteiger partial charge in [0.05, 0.1) is 12.4 Å². The third-order valence-electron chi connectivity index (χ3n) is 1.67. The van der Waals surface area contributed by atoms with E-state index in [0.717, 1.165) is 6.42 Å². The highest BCUT2D eigenvalue weighted by molar-refractivity contribution is 5.58. The highest BCUT2D eigenvalue weighted by Crippen LogP contribution is 2.12. The quantitative estimate of drug-likeness (QED) is 0.419. The van der Waals surface area contributed by atoms with Gasteiger partial charge >= 0.3 is 0 Å². The maximum atomic E-state index is 3.20. The third kappa shape index (κ3) is 1.22. The summed E-state index contributed by atoms with van der Waals surface area (Å²) in [5, 5.41) is 0. The number of nitrogens with zero attached hydrogens (tertiary/aromatic N) is 1. The van der Waals surface area contributed by atoms with Crippen molar-refractivity contribution in [2.75, 3.05) is 0 Å². The number of allylic oxidation sites excluding steroid dienone is 1. The van der Waals surface area contributed by atoms with Gasteiger partial charge in [0.15, 0.2) is 0 Å². The van der Waals surface area contributed by atoms with Gasteiger partial charge in [-0.25, -0.2) is 0 Å². The molecule has 0 radical (unpaired) electrons. The van der Waals surface area contributed by atoms with Crippen molar-refractivity contribution in [2.24, 2.45) is 0 Å². The molecule has 0 unspecified atom stereocenters. The Kier molecular flexibility index (Phi) is 1.56. The molecule has 0 saturated carbocycles. The van der Waals surface area contributed by atoms with E-state index in [4.69, 9.17) is 0 Å². The Hall–Kier alpha value is -1.37. The molecule has 1 aromatic carbocycles. The van der Waals surface area contributed by atoms with Crippen LogP contribution in [0.5, 0.6) is 0 Å². The van der Waals surface area contributed by atoms with Gasteiger partial charge < -0.3 is 4.58 Å². The Morgan fingerprint density at radius 1 is 1.18 bits per heavy atom. The molecule has 0 aromatic heterocycles. The summed E-state index contributed by atoms with van der Waals surface area (Å²) >= 11 is 0. The van der Waals surface area contributed by atoms with E-state index in [0.29, 0.717) is 0 Å². The zero-order valence-electron chi connectivity index (χ0n) is 6.20. The molecule has 0 amide bonds. The Balaban J connectivity index is 2.37. The summed E-state index contributed by atoms with van der Waals surface area (Å²) in [6, 6.07) is 10.2. The monoisotopic (exact) mass is 143 g/mol. The number of hydrogen-bond donors (Lipinski definition) is 0. The van der Waals surface area contributed by atoms with E-state index in [1.54, 1.807) is 0 Å². The summed E-state index contributed by atoms with van der Waals surface area (Å²) in [5.74, 6) is 0. The van der Waals surface area contributed by atoms with E-state index in [-0.39, 0.29) is 0 Å². The van der Waals surface area contributed by atoms with Crippen LogP contribution in [0.25, 0.3) is 0 Å². The minimum atomic E-state index is 0.925. The van der Waals surface area contributed by atoms with Crippen molar-refractivity contribution >= 4 is 11.9 Å². The van der Waals surface area contributed by atoms with E-state index in [1.807, 2.05) is 29.0 Å². The van der Waals surface area contributed by atoms with E-state index in [9.17, 15) is 0 Å². The standard InChI is InChI=1S/C10H9N/c1-2-6-10(7-3-1)11-8-4-5-9-11/h1-4,6-8H,5H2. The largest absolute Gasteiger partial charge is 0.330 e. The molecule has 2 rings (SSSR count). The van der Waals surface area contributed by atoms with E-state index >= 15 is 0 Å². The van der Waals surface area contributed by atoms with Gasteiger partial charge in [0, 0.05) is 0 Å². The van der Waals surface area contributed by atoms with Crippen LogP contribution < -0.4 is 0 Å². The highest BCUT2D eigenvalue weighted by Gasteiger charge is 1.97. The fourth-order valence-corrected chi connectivity index (χ4v) is 1.13. The summed E-state index contributed by atoms with van der Waals surface area (Å²) in [4.78, 5) is 0. The van der Waals surface area contributed by atoms with Crippen LogP contribution in [0.15, 0.2) is 42.6 Å². The number of hydrogen-bond acceptors (Lipinski definition) is 0. The summed E-state index contributed by atoms with van der Waals surface area (Å²) < 4.78 is 2.01. The Bertz CT molecular complexity index is 296. The minimum Gasteiger partial charge on any atom is -0.330 e. The molecule has 0 atom stereocenters. The average molecular weight is 143 g/mol. The fraction of sp³-hybridized carbons (Fsp3) is 0.100. The maximum Gasteiger partial charge on any atom is 0.104 e. The molecule has 1 heterocycles. The molecule has 0 bridgehead atoms. The van der Waals surface area contributed by atoms with Crippen molar-refractivity contribution in [2.45, 2.75) is 6.42 Å². The first-order valence-electron chi connectivity index (χ1n) is 3.71. The SMILES string of the molecule is [C-]1=[N+](c2ccccc2)C=CC1. The Morgan fingerprint density at radius 2 is 2.00 bits per heavy atom. The smallest absolute Gasteiger partial charge is 0.104 e. The van der Waals surface area contributed by atoms with Crippen LogP contribution in [0.2, 0.25) is 0 Å². The lowest BCUT2D eigenvalue weighted by Gasteiger charge is -2.00. The molecule has 0 aliphatic carbocycles. The second-order valence-corrected chi connectivity index (χ2v) is 2.45. The van der Waals surface area contributed by atoms with Crippen molar-refractivity contribution in [3.8, 4) is 0 Å². The summed E-state index contributed by atoms with van der Waals surface area (Å²) in [7, 11) is 0. The van der Waals surface area contributed by atoms with Gasteiger partial charge in [-0.05, 0) is 18.6 Å². The molecule has 54 valence electrons. The predicted molar refractivity (Wildman–Crippen MR) is 45.1 cm³/mol. The molecule has 11 heavy (non-hydrogen) atoms. The zero-order chi connectivity index (χ0) is 7.52. The van der Waals surface area contributed by atoms with E-state index < -0.39 is 0 Å². The van der Waals surface area contributed by atoms with Crippen molar-refractivity contribution in [1.29, 1.82) is 0 Å². The summed E-state index contributed by atoms with van der Waals surface area (Å²) in [6.07, 6.45) is 8.25. The summed E-state index contributed by atoms with van der Waals surface area (Å²) in [6.45, 7) is 0.